The number of nitrogens with zero attached hydrogens (tertiary/aromatic N) is 2. The number of fused-ring (bicyclic) bond motifs is 6. The van der Waals surface area contributed by atoms with Crippen LogP contribution in [0.5, 0.6) is 11.5 Å². The summed E-state index contributed by atoms with van der Waals surface area (Å²) in [6.07, 6.45) is 1.20. The van der Waals surface area contributed by atoms with Crippen molar-refractivity contribution in [3.63, 3.8) is 0 Å². The SMILES string of the molecule is Cc1cc(-c2cscc2[S]2=[Hf]=[S](c3cscc3-c3cc(C)cc(-n4c5ccccc5c5ccccc54)c3O)CCC2)c(O)c(-n2c3ccccc3c3ccccc32)c1.[CH3-].[CH3-]. The Hall–Kier alpha value is -4.51. The number of aromatic nitrogens is 2. The fraction of sp³-hybridized carbons (Fsp3) is 0.0980. The second-order valence-corrected chi connectivity index (χ2v) is 36.5. The van der Waals surface area contributed by atoms with Gasteiger partial charge in [-0.2, -0.15) is 0 Å². The van der Waals surface area contributed by atoms with Gasteiger partial charge >= 0.3 is 360 Å². The molecule has 4 nitrogen and oxygen atoms in total. The molecule has 0 fully saturated rings. The van der Waals surface area contributed by atoms with E-state index < -0.39 is 18.9 Å². The van der Waals surface area contributed by atoms with E-state index in [9.17, 15) is 10.2 Å². The standard InChI is InChI=1S/C49H38N2O2S4.2CH3.Hf/c1-30-22-36(48(52)44(24-30)50-40-16-7-3-12-32(40)33-13-4-8-17-41(33)50)38-26-54-28-46(38)56-20-11-21-57-47-29-55-27-39(47)37-23-31(2)25-45(49(37)53)51-42-18-9-5-14-34(42)35-15-6-10-19-43(35)51;;;/h3-10,12-19,22-29,52-53H,11,20-21H2,1-2H3;2*1H3;/q;2*-1;. The number of hydrogen-bond donors (Lipinski definition) is 2. The van der Waals surface area contributed by atoms with Crippen LogP contribution in [0, 0.1) is 28.7 Å². The molecule has 2 unspecified atom stereocenters. The van der Waals surface area contributed by atoms with Crippen molar-refractivity contribution in [3.05, 3.63) is 169 Å². The van der Waals surface area contributed by atoms with Crippen molar-refractivity contribution < 1.29 is 29.1 Å². The van der Waals surface area contributed by atoms with Crippen molar-refractivity contribution in [2.24, 2.45) is 0 Å². The maximum Gasteiger partial charge on any atom is -0.358 e. The Bertz CT molecular complexity index is 3050. The third-order valence-electron chi connectivity index (χ3n) is 11.4. The molecule has 2 atom stereocenters. The summed E-state index contributed by atoms with van der Waals surface area (Å²) in [5, 5.41) is 38.7. The first kappa shape index (κ1) is 40.9. The average molecular weight is 1020 g/mol. The number of rotatable bonds is 6. The van der Waals surface area contributed by atoms with E-state index in [2.05, 4.69) is 166 Å². The summed E-state index contributed by atoms with van der Waals surface area (Å²) < 4.78 is 4.49. The Kier molecular flexibility index (Phi) is 11.2. The summed E-state index contributed by atoms with van der Waals surface area (Å²) in [4.78, 5) is 2.90. The Morgan fingerprint density at radius 1 is 0.483 bits per heavy atom. The van der Waals surface area contributed by atoms with Crippen molar-refractivity contribution in [1.29, 1.82) is 0 Å². The summed E-state index contributed by atoms with van der Waals surface area (Å²) in [5.41, 5.74) is 12.6. The molecule has 6 aromatic carbocycles. The molecule has 0 amide bonds. The number of benzene rings is 6. The molecule has 2 N–H and O–H groups in total. The third kappa shape index (κ3) is 6.59. The van der Waals surface area contributed by atoms with Crippen molar-refractivity contribution >= 4 is 80.7 Å². The molecule has 11 rings (SSSR count). The van der Waals surface area contributed by atoms with Crippen molar-refractivity contribution in [2.45, 2.75) is 30.1 Å². The van der Waals surface area contributed by atoms with Crippen molar-refractivity contribution in [1.82, 2.24) is 9.13 Å². The molecule has 300 valence electrons. The van der Waals surface area contributed by atoms with Crippen LogP contribution in [0.1, 0.15) is 17.5 Å². The molecule has 0 saturated carbocycles. The molecule has 0 spiro atoms. The van der Waals surface area contributed by atoms with Gasteiger partial charge in [-0.3, -0.25) is 0 Å². The van der Waals surface area contributed by atoms with E-state index in [1.807, 2.05) is 0 Å². The van der Waals surface area contributed by atoms with Gasteiger partial charge in [0.1, 0.15) is 0 Å². The fourth-order valence-electron chi connectivity index (χ4n) is 8.84. The van der Waals surface area contributed by atoms with Gasteiger partial charge in [0.05, 0.1) is 0 Å². The first-order valence-corrected chi connectivity index (χ1v) is 32.9. The van der Waals surface area contributed by atoms with Gasteiger partial charge in [0, 0.05) is 0 Å². The normalized spacial score (nSPS) is 15.2. The summed E-state index contributed by atoms with van der Waals surface area (Å²) in [5.74, 6) is 3.16. The molecular weight excluding hydrogens is 979 g/mol. The summed E-state index contributed by atoms with van der Waals surface area (Å²) in [6.45, 7) is 4.30. The third-order valence-corrected chi connectivity index (χ3v) is 40.0. The van der Waals surface area contributed by atoms with Crippen LogP contribution in [-0.4, -0.2) is 30.9 Å². The van der Waals surface area contributed by atoms with Crippen molar-refractivity contribution in [2.75, 3.05) is 11.5 Å². The van der Waals surface area contributed by atoms with E-state index in [0.717, 1.165) is 55.7 Å². The van der Waals surface area contributed by atoms with Gasteiger partial charge in [-0.25, -0.2) is 0 Å². The number of thiophene rings is 2. The molecular formula is C51H44HfN2O2S4-2. The van der Waals surface area contributed by atoms with E-state index >= 15 is 0 Å². The number of aromatic hydroxyl groups is 2. The predicted octanol–water partition coefficient (Wildman–Crippen LogP) is 15.5. The minimum absolute atomic E-state index is 0. The van der Waals surface area contributed by atoms with Gasteiger partial charge in [-0.15, -0.1) is 0 Å². The zero-order valence-electron chi connectivity index (χ0n) is 33.9. The smallest absolute Gasteiger partial charge is 0.358 e. The Morgan fingerprint density at radius 2 is 0.833 bits per heavy atom. The largest absolute Gasteiger partial charge is 0.358 e. The van der Waals surface area contributed by atoms with Crippen LogP contribution in [0.15, 0.2) is 153 Å². The van der Waals surface area contributed by atoms with Crippen LogP contribution in [-0.2, 0) is 18.9 Å². The maximum atomic E-state index is 12.3. The van der Waals surface area contributed by atoms with Crippen molar-refractivity contribution in [3.8, 4) is 45.1 Å². The number of phenolic OH excluding ortho intramolecular Hbond substituents is 2. The number of hydrogen-bond acceptors (Lipinski definition) is 4. The molecule has 1 aliphatic rings. The Balaban J connectivity index is 0.00000231. The minimum Gasteiger partial charge on any atom is -0.358 e. The minimum atomic E-state index is -1.29. The van der Waals surface area contributed by atoms with Crippen LogP contribution in [0.25, 0.3) is 77.2 Å². The first-order chi connectivity index (χ1) is 28.4. The average Bonchev–Trinajstić information content (AvgIpc) is 4.06. The molecule has 10 aromatic rings. The number of aryl methyl sites for hydroxylation is 2. The Labute approximate surface area is 371 Å². The van der Waals surface area contributed by atoms with Gasteiger partial charge in [0.25, 0.3) is 0 Å². The topological polar surface area (TPSA) is 50.3 Å². The van der Waals surface area contributed by atoms with Crippen LogP contribution in [0.2, 0.25) is 0 Å². The second kappa shape index (κ2) is 16.4. The molecule has 0 saturated heterocycles. The zero-order valence-corrected chi connectivity index (χ0v) is 40.8. The Morgan fingerprint density at radius 3 is 1.20 bits per heavy atom. The van der Waals surface area contributed by atoms with Gasteiger partial charge in [0.15, 0.2) is 0 Å². The van der Waals surface area contributed by atoms with Gasteiger partial charge < -0.3 is 14.9 Å². The van der Waals surface area contributed by atoms with Crippen LogP contribution in [0.3, 0.4) is 0 Å². The maximum absolute atomic E-state index is 12.3. The van der Waals surface area contributed by atoms with E-state index in [-0.39, 0.29) is 29.2 Å². The molecule has 0 radical (unpaired) electrons. The number of phenols is 2. The second-order valence-electron chi connectivity index (χ2n) is 15.0. The molecule has 0 bridgehead atoms. The molecule has 60 heavy (non-hydrogen) atoms. The summed E-state index contributed by atoms with van der Waals surface area (Å²) >= 11 is 2.25. The molecule has 4 aromatic heterocycles. The number of para-hydroxylation sites is 4. The summed E-state index contributed by atoms with van der Waals surface area (Å²) in [6, 6.07) is 42.7. The van der Waals surface area contributed by atoms with Gasteiger partial charge in [-0.1, -0.05) is 0 Å². The van der Waals surface area contributed by atoms with Crippen LogP contribution in [0.4, 0.5) is 0 Å². The molecule has 9 heteroatoms. The van der Waals surface area contributed by atoms with E-state index in [1.54, 1.807) is 22.7 Å². The molecule has 1 aliphatic heterocycles. The molecule has 5 heterocycles. The monoisotopic (exact) mass is 1020 g/mol. The van der Waals surface area contributed by atoms with E-state index in [1.165, 1.54) is 60.4 Å². The van der Waals surface area contributed by atoms with Crippen LogP contribution < -0.4 is 0 Å². The molecule has 0 aliphatic carbocycles. The first-order valence-electron chi connectivity index (χ1n) is 19.4. The zero-order chi connectivity index (χ0) is 39.1. The van der Waals surface area contributed by atoms with E-state index in [0.29, 0.717) is 11.5 Å². The van der Waals surface area contributed by atoms with Gasteiger partial charge in [-0.05, 0) is 0 Å². The summed E-state index contributed by atoms with van der Waals surface area (Å²) in [7, 11) is 0.393. The predicted molar refractivity (Wildman–Crippen MR) is 260 cm³/mol. The van der Waals surface area contributed by atoms with Crippen LogP contribution >= 0.6 is 37.1 Å². The van der Waals surface area contributed by atoms with E-state index in [4.69, 9.17) is 0 Å². The van der Waals surface area contributed by atoms with Gasteiger partial charge in [0.2, 0.25) is 0 Å². The quantitative estimate of drug-likeness (QED) is 0.129. The fourth-order valence-corrected chi connectivity index (χ4v) is 44.0.